The summed E-state index contributed by atoms with van der Waals surface area (Å²) in [5.74, 6) is 1.87. The summed E-state index contributed by atoms with van der Waals surface area (Å²) in [6.07, 6.45) is 8.68. The highest BCUT2D eigenvalue weighted by atomic mass is 16.6. The molecule has 6 nitrogen and oxygen atoms in total. The maximum atomic E-state index is 11.4. The molecule has 30 heavy (non-hydrogen) atoms. The second kappa shape index (κ2) is 7.93. The van der Waals surface area contributed by atoms with Gasteiger partial charge in [-0.3, -0.25) is 9.88 Å². The Hall–Kier alpha value is -1.99. The van der Waals surface area contributed by atoms with Crippen LogP contribution < -0.4 is 4.74 Å². The van der Waals surface area contributed by atoms with Gasteiger partial charge in [0.2, 0.25) is 0 Å². The molecule has 6 rings (SSSR count). The van der Waals surface area contributed by atoms with E-state index in [0.717, 1.165) is 48.1 Å². The van der Waals surface area contributed by atoms with Crippen LogP contribution in [0, 0.1) is 11.8 Å². The van der Waals surface area contributed by atoms with Gasteiger partial charge >= 0.3 is 0 Å². The molecular formula is C24H30N2O4. The molecule has 1 aromatic carbocycles. The van der Waals surface area contributed by atoms with E-state index in [1.807, 2.05) is 24.3 Å². The van der Waals surface area contributed by atoms with E-state index in [2.05, 4.69) is 22.0 Å². The van der Waals surface area contributed by atoms with Crippen molar-refractivity contribution < 1.29 is 19.7 Å². The molecule has 0 spiro atoms. The van der Waals surface area contributed by atoms with Crippen molar-refractivity contribution in [3.8, 4) is 5.75 Å². The predicted molar refractivity (Wildman–Crippen MR) is 114 cm³/mol. The summed E-state index contributed by atoms with van der Waals surface area (Å²) in [5.41, 5.74) is 1.50. The van der Waals surface area contributed by atoms with Gasteiger partial charge in [-0.05, 0) is 67.5 Å². The van der Waals surface area contributed by atoms with E-state index in [1.54, 1.807) is 13.3 Å². The van der Waals surface area contributed by atoms with E-state index < -0.39 is 6.10 Å². The highest BCUT2D eigenvalue weighted by Gasteiger charge is 2.44. The van der Waals surface area contributed by atoms with Gasteiger partial charge in [0.15, 0.2) is 0 Å². The number of aliphatic hydroxyl groups is 2. The molecule has 4 aliphatic heterocycles. The van der Waals surface area contributed by atoms with Gasteiger partial charge in [0, 0.05) is 24.2 Å². The third-order valence-corrected chi connectivity index (χ3v) is 7.23. The van der Waals surface area contributed by atoms with E-state index in [0.29, 0.717) is 18.4 Å². The quantitative estimate of drug-likeness (QED) is 0.540. The van der Waals surface area contributed by atoms with Crippen LogP contribution in [0.1, 0.15) is 30.9 Å². The standard InChI is InChI=1S/C24H30N2O4/c1-29-18-4-5-21-20(12-18)19(6-9-25-21)23(28)22-11-16-7-10-26(22)13-17(16)3-2-8-24(14-27)15-30-24/h2-6,9,12,16-17,22-23,27-28H,7-8,10-11,13-15H2,1H3/b3-2+/t16?,17?,22?,23-,24+/m1/s1. The molecular weight excluding hydrogens is 380 g/mol. The number of benzene rings is 1. The Labute approximate surface area is 177 Å². The fraction of sp³-hybridized carbons (Fsp3) is 0.542. The average molecular weight is 411 g/mol. The molecule has 6 atom stereocenters. The zero-order valence-electron chi connectivity index (χ0n) is 17.4. The number of fused-ring (bicyclic) bond motifs is 4. The molecule has 4 unspecified atom stereocenters. The van der Waals surface area contributed by atoms with Gasteiger partial charge in [-0.25, -0.2) is 0 Å². The zero-order valence-corrected chi connectivity index (χ0v) is 17.4. The molecule has 4 saturated heterocycles. The second-order valence-electron chi connectivity index (χ2n) is 9.00. The summed E-state index contributed by atoms with van der Waals surface area (Å²) in [6.45, 7) is 2.76. The van der Waals surface area contributed by atoms with Crippen molar-refractivity contribution in [2.24, 2.45) is 11.8 Å². The largest absolute Gasteiger partial charge is 0.497 e. The number of methoxy groups -OCH3 is 1. The monoisotopic (exact) mass is 410 g/mol. The van der Waals surface area contributed by atoms with Crippen LogP contribution in [0.15, 0.2) is 42.6 Å². The number of ether oxygens (including phenoxy) is 2. The fourth-order valence-electron chi connectivity index (χ4n) is 5.23. The fourth-order valence-corrected chi connectivity index (χ4v) is 5.23. The Balaban J connectivity index is 1.32. The molecule has 160 valence electrons. The normalized spacial score (nSPS) is 33.8. The first-order valence-corrected chi connectivity index (χ1v) is 10.9. The van der Waals surface area contributed by atoms with Gasteiger partial charge in [0.05, 0.1) is 31.9 Å². The smallest absolute Gasteiger partial charge is 0.119 e. The summed E-state index contributed by atoms with van der Waals surface area (Å²) >= 11 is 0. The summed E-state index contributed by atoms with van der Waals surface area (Å²) in [6, 6.07) is 7.89. The first kappa shape index (κ1) is 19.9. The summed E-state index contributed by atoms with van der Waals surface area (Å²) in [4.78, 5) is 6.90. The number of aliphatic hydroxyl groups excluding tert-OH is 2. The lowest BCUT2D eigenvalue weighted by molar-refractivity contribution is -0.0446. The van der Waals surface area contributed by atoms with E-state index in [4.69, 9.17) is 9.47 Å². The van der Waals surface area contributed by atoms with E-state index in [9.17, 15) is 10.2 Å². The number of epoxide rings is 1. The number of piperidine rings is 3. The molecule has 6 heteroatoms. The van der Waals surface area contributed by atoms with Crippen LogP contribution in [0.3, 0.4) is 0 Å². The van der Waals surface area contributed by atoms with Gasteiger partial charge < -0.3 is 19.7 Å². The molecule has 4 fully saturated rings. The minimum atomic E-state index is -0.548. The van der Waals surface area contributed by atoms with E-state index in [-0.39, 0.29) is 18.2 Å². The lowest BCUT2D eigenvalue weighted by Gasteiger charge is -2.50. The summed E-state index contributed by atoms with van der Waals surface area (Å²) < 4.78 is 10.8. The number of pyridine rings is 1. The molecule has 0 aliphatic carbocycles. The van der Waals surface area contributed by atoms with Crippen LogP contribution in [0.5, 0.6) is 5.75 Å². The van der Waals surface area contributed by atoms with Gasteiger partial charge in [0.25, 0.3) is 0 Å². The van der Waals surface area contributed by atoms with Gasteiger partial charge in [0.1, 0.15) is 11.4 Å². The molecule has 0 amide bonds. The number of nitrogens with zero attached hydrogens (tertiary/aromatic N) is 2. The second-order valence-corrected chi connectivity index (χ2v) is 9.00. The number of aromatic nitrogens is 1. The third kappa shape index (κ3) is 3.62. The van der Waals surface area contributed by atoms with Crippen molar-refractivity contribution in [1.29, 1.82) is 0 Å². The van der Waals surface area contributed by atoms with Crippen LogP contribution in [0.4, 0.5) is 0 Å². The van der Waals surface area contributed by atoms with Crippen molar-refractivity contribution in [3.05, 3.63) is 48.2 Å². The summed E-state index contributed by atoms with van der Waals surface area (Å²) in [7, 11) is 1.66. The first-order chi connectivity index (χ1) is 14.6. The lowest BCUT2D eigenvalue weighted by Crippen LogP contribution is -2.54. The minimum Gasteiger partial charge on any atom is -0.497 e. The SMILES string of the molecule is COc1ccc2nccc([C@@H](O)C3CC4CCN3CC4/C=C/C[C@]3(CO)CO3)c2c1. The zero-order chi connectivity index (χ0) is 20.7. The number of hydrogen-bond donors (Lipinski definition) is 2. The topological polar surface area (TPSA) is 78.4 Å². The Kier molecular flexibility index (Phi) is 5.27. The predicted octanol–water partition coefficient (Wildman–Crippen LogP) is 2.69. The molecule has 2 aromatic rings. The minimum absolute atomic E-state index is 0.0938. The molecule has 0 saturated carbocycles. The van der Waals surface area contributed by atoms with Crippen LogP contribution in [-0.4, -0.2) is 65.2 Å². The molecule has 2 bridgehead atoms. The third-order valence-electron chi connectivity index (χ3n) is 7.23. The maximum absolute atomic E-state index is 11.4. The van der Waals surface area contributed by atoms with Crippen LogP contribution >= 0.6 is 0 Å². The molecule has 5 heterocycles. The van der Waals surface area contributed by atoms with Gasteiger partial charge in [-0.1, -0.05) is 12.2 Å². The van der Waals surface area contributed by atoms with Gasteiger partial charge in [-0.15, -0.1) is 0 Å². The Bertz CT molecular complexity index is 942. The van der Waals surface area contributed by atoms with Crippen LogP contribution in [0.2, 0.25) is 0 Å². The number of rotatable bonds is 7. The van der Waals surface area contributed by atoms with E-state index in [1.165, 1.54) is 6.42 Å². The van der Waals surface area contributed by atoms with Crippen molar-refractivity contribution in [3.63, 3.8) is 0 Å². The maximum Gasteiger partial charge on any atom is 0.119 e. The molecule has 0 radical (unpaired) electrons. The Morgan fingerprint density at radius 2 is 2.27 bits per heavy atom. The molecule has 4 aliphatic rings. The average Bonchev–Trinajstić information content (AvgIpc) is 3.58. The van der Waals surface area contributed by atoms with Crippen LogP contribution in [-0.2, 0) is 4.74 Å². The number of hydrogen-bond acceptors (Lipinski definition) is 6. The Morgan fingerprint density at radius 1 is 1.40 bits per heavy atom. The van der Waals surface area contributed by atoms with Crippen molar-refractivity contribution >= 4 is 10.9 Å². The van der Waals surface area contributed by atoms with Crippen molar-refractivity contribution in [2.45, 2.75) is 37.0 Å². The Morgan fingerprint density at radius 3 is 2.97 bits per heavy atom. The highest BCUT2D eigenvalue weighted by Crippen LogP contribution is 2.42. The van der Waals surface area contributed by atoms with Crippen LogP contribution in [0.25, 0.3) is 10.9 Å². The van der Waals surface area contributed by atoms with Gasteiger partial charge in [-0.2, -0.15) is 0 Å². The lowest BCUT2D eigenvalue weighted by atomic mass is 9.73. The highest BCUT2D eigenvalue weighted by molar-refractivity contribution is 5.83. The van der Waals surface area contributed by atoms with Crippen molar-refractivity contribution in [2.75, 3.05) is 33.4 Å². The first-order valence-electron chi connectivity index (χ1n) is 10.9. The van der Waals surface area contributed by atoms with Crippen molar-refractivity contribution in [1.82, 2.24) is 9.88 Å². The van der Waals surface area contributed by atoms with E-state index >= 15 is 0 Å². The molecule has 1 aromatic heterocycles. The summed E-state index contributed by atoms with van der Waals surface area (Å²) in [5, 5.41) is 21.7. The molecule has 2 N–H and O–H groups in total.